The molecule has 21 heavy (non-hydrogen) atoms. The number of aromatic nitrogens is 1. The number of halogens is 2. The molecule has 2 aliphatic rings. The summed E-state index contributed by atoms with van der Waals surface area (Å²) in [5.41, 5.74) is 2.22. The van der Waals surface area contributed by atoms with Crippen LogP contribution in [0.3, 0.4) is 0 Å². The maximum absolute atomic E-state index is 14.1. The lowest BCUT2D eigenvalue weighted by Gasteiger charge is -2.37. The standard InChI is InChI=1S/C17H14F2N2/c18-11-8-14-12-2-1-3-13(12)16(10-4-6-20-7-5-10)21-17(14)15(19)9-11/h1-2,4-9,12-13,16,21H,3H2/t12-,13+,16-/m1/s1. The van der Waals surface area contributed by atoms with Crippen LogP contribution in [0.2, 0.25) is 0 Å². The SMILES string of the molecule is Fc1cc(F)c2c(c1)[C@@H]1C=CC[C@@H]1[C@@H](c1ccncc1)N2. The van der Waals surface area contributed by atoms with Gasteiger partial charge in [0.05, 0.1) is 11.7 Å². The molecule has 1 aromatic carbocycles. The van der Waals surface area contributed by atoms with Crippen molar-refractivity contribution >= 4 is 5.69 Å². The van der Waals surface area contributed by atoms with Crippen LogP contribution in [-0.4, -0.2) is 4.98 Å². The van der Waals surface area contributed by atoms with Gasteiger partial charge in [0, 0.05) is 24.4 Å². The monoisotopic (exact) mass is 284 g/mol. The van der Waals surface area contributed by atoms with Gasteiger partial charge >= 0.3 is 0 Å². The van der Waals surface area contributed by atoms with Crippen molar-refractivity contribution in [1.29, 1.82) is 0 Å². The van der Waals surface area contributed by atoms with Crippen LogP contribution in [0.4, 0.5) is 14.5 Å². The molecule has 3 atom stereocenters. The number of benzene rings is 1. The molecule has 0 radical (unpaired) electrons. The van der Waals surface area contributed by atoms with Gasteiger partial charge in [0.15, 0.2) is 0 Å². The van der Waals surface area contributed by atoms with E-state index in [1.54, 1.807) is 12.4 Å². The highest BCUT2D eigenvalue weighted by Crippen LogP contribution is 2.50. The Kier molecular flexibility index (Phi) is 2.77. The molecule has 0 saturated carbocycles. The highest BCUT2D eigenvalue weighted by Gasteiger charge is 2.39. The number of fused-ring (bicyclic) bond motifs is 3. The Bertz CT molecular complexity index is 712. The van der Waals surface area contributed by atoms with Gasteiger partial charge in [-0.15, -0.1) is 0 Å². The Morgan fingerprint density at radius 3 is 2.76 bits per heavy atom. The first kappa shape index (κ1) is 12.5. The van der Waals surface area contributed by atoms with E-state index in [-0.39, 0.29) is 17.9 Å². The molecule has 106 valence electrons. The summed E-state index contributed by atoms with van der Waals surface area (Å²) in [4.78, 5) is 4.03. The zero-order chi connectivity index (χ0) is 14.4. The summed E-state index contributed by atoms with van der Waals surface area (Å²) >= 11 is 0. The van der Waals surface area contributed by atoms with E-state index in [0.29, 0.717) is 5.69 Å². The highest BCUT2D eigenvalue weighted by molar-refractivity contribution is 5.60. The molecule has 0 bridgehead atoms. The van der Waals surface area contributed by atoms with Crippen molar-refractivity contribution in [2.75, 3.05) is 5.32 Å². The summed E-state index contributed by atoms with van der Waals surface area (Å²) in [6.07, 6.45) is 8.55. The Balaban J connectivity index is 1.84. The van der Waals surface area contributed by atoms with Crippen molar-refractivity contribution < 1.29 is 8.78 Å². The number of pyridine rings is 1. The van der Waals surface area contributed by atoms with Gasteiger partial charge in [0.25, 0.3) is 0 Å². The predicted molar refractivity (Wildman–Crippen MR) is 76.9 cm³/mol. The first-order valence-electron chi connectivity index (χ1n) is 7.06. The van der Waals surface area contributed by atoms with Crippen LogP contribution in [0.15, 0.2) is 48.8 Å². The van der Waals surface area contributed by atoms with E-state index < -0.39 is 11.6 Å². The van der Waals surface area contributed by atoms with E-state index in [4.69, 9.17) is 0 Å². The lowest BCUT2D eigenvalue weighted by Crippen LogP contribution is -2.29. The summed E-state index contributed by atoms with van der Waals surface area (Å²) in [6, 6.07) is 6.29. The number of anilines is 1. The van der Waals surface area contributed by atoms with E-state index in [1.165, 1.54) is 6.07 Å². The van der Waals surface area contributed by atoms with Crippen LogP contribution in [0.1, 0.15) is 29.5 Å². The Morgan fingerprint density at radius 2 is 1.95 bits per heavy atom. The van der Waals surface area contributed by atoms with Gasteiger partial charge < -0.3 is 5.32 Å². The van der Waals surface area contributed by atoms with E-state index in [2.05, 4.69) is 22.5 Å². The van der Waals surface area contributed by atoms with Crippen LogP contribution < -0.4 is 5.32 Å². The van der Waals surface area contributed by atoms with Crippen molar-refractivity contribution in [1.82, 2.24) is 4.98 Å². The smallest absolute Gasteiger partial charge is 0.149 e. The second kappa shape index (κ2) is 4.65. The van der Waals surface area contributed by atoms with Gasteiger partial charge in [-0.25, -0.2) is 8.78 Å². The number of allylic oxidation sites excluding steroid dienone is 2. The fourth-order valence-corrected chi connectivity index (χ4v) is 3.52. The number of nitrogens with zero attached hydrogens (tertiary/aromatic N) is 1. The van der Waals surface area contributed by atoms with Crippen molar-refractivity contribution in [3.8, 4) is 0 Å². The summed E-state index contributed by atoms with van der Waals surface area (Å²) in [6.45, 7) is 0. The Labute approximate surface area is 121 Å². The summed E-state index contributed by atoms with van der Waals surface area (Å²) in [5, 5.41) is 3.27. The minimum Gasteiger partial charge on any atom is -0.375 e. The second-order valence-corrected chi connectivity index (χ2v) is 5.61. The molecule has 0 spiro atoms. The first-order chi connectivity index (χ1) is 10.2. The maximum Gasteiger partial charge on any atom is 0.149 e. The molecule has 1 aliphatic carbocycles. The largest absolute Gasteiger partial charge is 0.375 e. The molecule has 0 fully saturated rings. The summed E-state index contributed by atoms with van der Waals surface area (Å²) in [7, 11) is 0. The molecule has 0 amide bonds. The van der Waals surface area contributed by atoms with E-state index in [0.717, 1.165) is 23.6 Å². The predicted octanol–water partition coefficient (Wildman–Crippen LogP) is 4.19. The number of hydrogen-bond donors (Lipinski definition) is 1. The molecule has 1 aliphatic heterocycles. The third-order valence-electron chi connectivity index (χ3n) is 4.45. The van der Waals surface area contributed by atoms with E-state index >= 15 is 0 Å². The highest BCUT2D eigenvalue weighted by atomic mass is 19.1. The quantitative estimate of drug-likeness (QED) is 0.794. The van der Waals surface area contributed by atoms with Gasteiger partial charge in [-0.2, -0.15) is 0 Å². The zero-order valence-electron chi connectivity index (χ0n) is 11.3. The maximum atomic E-state index is 14.1. The fraction of sp³-hybridized carbons (Fsp3) is 0.235. The fourth-order valence-electron chi connectivity index (χ4n) is 3.52. The van der Waals surface area contributed by atoms with Crippen LogP contribution in [0.5, 0.6) is 0 Å². The minimum atomic E-state index is -0.525. The van der Waals surface area contributed by atoms with Gasteiger partial charge in [-0.1, -0.05) is 12.2 Å². The number of rotatable bonds is 1. The van der Waals surface area contributed by atoms with E-state index in [1.807, 2.05) is 12.1 Å². The van der Waals surface area contributed by atoms with Gasteiger partial charge in [0.1, 0.15) is 11.6 Å². The molecule has 4 heteroatoms. The minimum absolute atomic E-state index is 0.0143. The molecule has 0 unspecified atom stereocenters. The van der Waals surface area contributed by atoms with Crippen LogP contribution >= 0.6 is 0 Å². The van der Waals surface area contributed by atoms with Crippen molar-refractivity contribution in [2.45, 2.75) is 18.4 Å². The molecule has 4 rings (SSSR count). The molecule has 1 aromatic heterocycles. The summed E-state index contributed by atoms with van der Waals surface area (Å²) in [5.74, 6) is -0.706. The molecular formula is C17H14F2N2. The third kappa shape index (κ3) is 1.94. The molecule has 2 aromatic rings. The normalized spacial score (nSPS) is 26.1. The zero-order valence-corrected chi connectivity index (χ0v) is 11.3. The lowest BCUT2D eigenvalue weighted by molar-refractivity contribution is 0.418. The Hall–Kier alpha value is -2.23. The summed E-state index contributed by atoms with van der Waals surface area (Å²) < 4.78 is 27.7. The van der Waals surface area contributed by atoms with Crippen molar-refractivity contribution in [3.05, 3.63) is 71.6 Å². The number of nitrogens with one attached hydrogen (secondary N) is 1. The molecular weight excluding hydrogens is 270 g/mol. The van der Waals surface area contributed by atoms with Crippen molar-refractivity contribution in [2.24, 2.45) is 5.92 Å². The number of hydrogen-bond acceptors (Lipinski definition) is 2. The van der Waals surface area contributed by atoms with E-state index in [9.17, 15) is 8.78 Å². The van der Waals surface area contributed by atoms with Gasteiger partial charge in [0.2, 0.25) is 0 Å². The van der Waals surface area contributed by atoms with Gasteiger partial charge in [-0.3, -0.25) is 4.98 Å². The lowest BCUT2D eigenvalue weighted by atomic mass is 9.77. The molecule has 1 N–H and O–H groups in total. The topological polar surface area (TPSA) is 24.9 Å². The molecule has 2 nitrogen and oxygen atoms in total. The Morgan fingerprint density at radius 1 is 1.14 bits per heavy atom. The van der Waals surface area contributed by atoms with Crippen LogP contribution in [-0.2, 0) is 0 Å². The van der Waals surface area contributed by atoms with Crippen LogP contribution in [0.25, 0.3) is 0 Å². The molecule has 2 heterocycles. The third-order valence-corrected chi connectivity index (χ3v) is 4.45. The van der Waals surface area contributed by atoms with Crippen molar-refractivity contribution in [3.63, 3.8) is 0 Å². The second-order valence-electron chi connectivity index (χ2n) is 5.61. The van der Waals surface area contributed by atoms with Crippen LogP contribution in [0, 0.1) is 17.6 Å². The average Bonchev–Trinajstić information content (AvgIpc) is 2.97. The molecule has 0 saturated heterocycles. The average molecular weight is 284 g/mol. The van der Waals surface area contributed by atoms with Gasteiger partial charge in [-0.05, 0) is 41.7 Å². The first-order valence-corrected chi connectivity index (χ1v) is 7.06.